The summed E-state index contributed by atoms with van der Waals surface area (Å²) in [6.07, 6.45) is 5.03. The summed E-state index contributed by atoms with van der Waals surface area (Å²) in [7, 11) is 2.20. The highest BCUT2D eigenvalue weighted by atomic mass is 15.2. The van der Waals surface area contributed by atoms with Crippen LogP contribution >= 0.6 is 0 Å². The molecule has 1 fully saturated rings. The molecule has 0 aliphatic carbocycles. The zero-order valence-electron chi connectivity index (χ0n) is 10.3. The number of likely N-dealkylation sites (N-methyl/N-ethyl adjacent to an activating group) is 1. The van der Waals surface area contributed by atoms with Crippen LogP contribution in [0.2, 0.25) is 0 Å². The van der Waals surface area contributed by atoms with Crippen LogP contribution < -0.4 is 0 Å². The Balaban J connectivity index is 1.79. The second-order valence-corrected chi connectivity index (χ2v) is 4.77. The number of piperazine rings is 1. The van der Waals surface area contributed by atoms with E-state index in [2.05, 4.69) is 34.8 Å². The van der Waals surface area contributed by atoms with Gasteiger partial charge in [0.2, 0.25) is 0 Å². The van der Waals surface area contributed by atoms with Gasteiger partial charge in [0.25, 0.3) is 0 Å². The summed E-state index contributed by atoms with van der Waals surface area (Å²) in [6, 6.07) is 2.24. The van der Waals surface area contributed by atoms with Crippen molar-refractivity contribution in [2.45, 2.75) is 13.3 Å². The number of hydrogen-bond acceptors (Lipinski definition) is 3. The van der Waals surface area contributed by atoms with Crippen molar-refractivity contribution >= 4 is 0 Å². The lowest BCUT2D eigenvalue weighted by atomic mass is 10.1. The number of aromatic nitrogens is 1. The molecule has 1 aliphatic heterocycles. The van der Waals surface area contributed by atoms with Crippen molar-refractivity contribution in [3.63, 3.8) is 0 Å². The molecule has 0 aromatic carbocycles. The second kappa shape index (κ2) is 5.41. The lowest BCUT2D eigenvalue weighted by molar-refractivity contribution is 0.155. The van der Waals surface area contributed by atoms with Gasteiger partial charge in [-0.2, -0.15) is 0 Å². The molecule has 1 saturated heterocycles. The third kappa shape index (κ3) is 3.29. The van der Waals surface area contributed by atoms with Crippen molar-refractivity contribution in [2.24, 2.45) is 0 Å². The molecule has 0 bridgehead atoms. The average molecular weight is 219 g/mol. The van der Waals surface area contributed by atoms with Crippen molar-refractivity contribution in [3.8, 4) is 0 Å². The summed E-state index contributed by atoms with van der Waals surface area (Å²) in [6.45, 7) is 8.08. The fraction of sp³-hybridized carbons (Fsp3) is 0.615. The van der Waals surface area contributed by atoms with Gasteiger partial charge < -0.3 is 9.80 Å². The second-order valence-electron chi connectivity index (χ2n) is 4.77. The summed E-state index contributed by atoms with van der Waals surface area (Å²) < 4.78 is 0. The number of hydrogen-bond donors (Lipinski definition) is 0. The van der Waals surface area contributed by atoms with Gasteiger partial charge in [-0.1, -0.05) is 6.07 Å². The van der Waals surface area contributed by atoms with Gasteiger partial charge in [0.1, 0.15) is 0 Å². The predicted octanol–water partition coefficient (Wildman–Crippen LogP) is 1.18. The summed E-state index contributed by atoms with van der Waals surface area (Å²) in [5, 5.41) is 0. The molecule has 0 N–H and O–H groups in total. The van der Waals surface area contributed by atoms with E-state index in [-0.39, 0.29) is 0 Å². The molecule has 1 aromatic heterocycles. The van der Waals surface area contributed by atoms with Crippen LogP contribution in [0.3, 0.4) is 0 Å². The van der Waals surface area contributed by atoms with Crippen LogP contribution in [0, 0.1) is 6.92 Å². The first kappa shape index (κ1) is 11.6. The van der Waals surface area contributed by atoms with Crippen molar-refractivity contribution < 1.29 is 0 Å². The highest BCUT2D eigenvalue weighted by Crippen LogP contribution is 2.05. The van der Waals surface area contributed by atoms with Gasteiger partial charge in [0.15, 0.2) is 0 Å². The minimum absolute atomic E-state index is 1.12. The van der Waals surface area contributed by atoms with Crippen LogP contribution in [-0.4, -0.2) is 54.6 Å². The van der Waals surface area contributed by atoms with E-state index in [1.54, 1.807) is 0 Å². The van der Waals surface area contributed by atoms with Crippen LogP contribution in [0.1, 0.15) is 11.1 Å². The first-order valence-corrected chi connectivity index (χ1v) is 6.05. The Kier molecular flexibility index (Phi) is 3.91. The average Bonchev–Trinajstić information content (AvgIpc) is 2.28. The van der Waals surface area contributed by atoms with E-state index in [0.717, 1.165) is 6.42 Å². The third-order valence-corrected chi connectivity index (χ3v) is 3.24. The topological polar surface area (TPSA) is 19.4 Å². The molecule has 1 aromatic rings. The normalized spacial score (nSPS) is 18.9. The van der Waals surface area contributed by atoms with E-state index < -0.39 is 0 Å². The lowest BCUT2D eigenvalue weighted by Gasteiger charge is -2.32. The van der Waals surface area contributed by atoms with Crippen LogP contribution in [0.15, 0.2) is 18.5 Å². The molecule has 0 saturated carbocycles. The quantitative estimate of drug-likeness (QED) is 0.761. The summed E-state index contributed by atoms with van der Waals surface area (Å²) in [4.78, 5) is 9.17. The molecule has 0 atom stereocenters. The third-order valence-electron chi connectivity index (χ3n) is 3.24. The molecule has 0 amide bonds. The number of nitrogens with zero attached hydrogens (tertiary/aromatic N) is 3. The van der Waals surface area contributed by atoms with Crippen LogP contribution in [0.5, 0.6) is 0 Å². The Bertz CT molecular complexity index is 330. The van der Waals surface area contributed by atoms with Gasteiger partial charge in [-0.25, -0.2) is 0 Å². The number of aryl methyl sites for hydroxylation is 1. The van der Waals surface area contributed by atoms with E-state index in [0.29, 0.717) is 0 Å². The van der Waals surface area contributed by atoms with Crippen molar-refractivity contribution in [3.05, 3.63) is 29.6 Å². The molecule has 0 unspecified atom stereocenters. The fourth-order valence-electron chi connectivity index (χ4n) is 2.11. The minimum Gasteiger partial charge on any atom is -0.304 e. The number of pyridine rings is 1. The van der Waals surface area contributed by atoms with Crippen LogP contribution in [0.25, 0.3) is 0 Å². The summed E-state index contributed by atoms with van der Waals surface area (Å²) >= 11 is 0. The zero-order chi connectivity index (χ0) is 11.4. The Hall–Kier alpha value is -0.930. The monoisotopic (exact) mass is 219 g/mol. The smallest absolute Gasteiger partial charge is 0.0300 e. The van der Waals surface area contributed by atoms with Crippen molar-refractivity contribution in [1.82, 2.24) is 14.8 Å². The largest absolute Gasteiger partial charge is 0.304 e. The van der Waals surface area contributed by atoms with E-state index in [1.807, 2.05) is 12.4 Å². The molecule has 2 rings (SSSR count). The first-order chi connectivity index (χ1) is 7.74. The molecular weight excluding hydrogens is 198 g/mol. The van der Waals surface area contributed by atoms with Gasteiger partial charge in [0, 0.05) is 45.1 Å². The van der Waals surface area contributed by atoms with E-state index in [1.165, 1.54) is 43.9 Å². The highest BCUT2D eigenvalue weighted by Gasteiger charge is 2.12. The highest BCUT2D eigenvalue weighted by molar-refractivity contribution is 5.16. The van der Waals surface area contributed by atoms with Gasteiger partial charge in [-0.3, -0.25) is 4.98 Å². The molecular formula is C13H21N3. The van der Waals surface area contributed by atoms with E-state index >= 15 is 0 Å². The van der Waals surface area contributed by atoms with Gasteiger partial charge in [-0.15, -0.1) is 0 Å². The Labute approximate surface area is 98.1 Å². The maximum Gasteiger partial charge on any atom is 0.0300 e. The van der Waals surface area contributed by atoms with Crippen LogP contribution in [-0.2, 0) is 6.42 Å². The molecule has 16 heavy (non-hydrogen) atoms. The standard InChI is InChI=1S/C13H21N3/c1-12-9-13(11-14-10-12)3-4-16-7-5-15(2)6-8-16/h9-11H,3-8H2,1-2H3. The lowest BCUT2D eigenvalue weighted by Crippen LogP contribution is -2.45. The molecule has 1 aliphatic rings. The van der Waals surface area contributed by atoms with E-state index in [9.17, 15) is 0 Å². The van der Waals surface area contributed by atoms with Crippen LogP contribution in [0.4, 0.5) is 0 Å². The maximum absolute atomic E-state index is 4.23. The molecule has 3 heteroatoms. The fourth-order valence-corrected chi connectivity index (χ4v) is 2.11. The molecule has 2 heterocycles. The first-order valence-electron chi connectivity index (χ1n) is 6.05. The number of rotatable bonds is 3. The molecule has 88 valence electrons. The zero-order valence-corrected chi connectivity index (χ0v) is 10.3. The molecule has 0 spiro atoms. The summed E-state index contributed by atoms with van der Waals surface area (Å²) in [5.74, 6) is 0. The minimum atomic E-state index is 1.12. The van der Waals surface area contributed by atoms with Gasteiger partial charge in [-0.05, 0) is 31.5 Å². The SMILES string of the molecule is Cc1cncc(CCN2CCN(C)CC2)c1. The Morgan fingerprint density at radius 2 is 1.94 bits per heavy atom. The maximum atomic E-state index is 4.23. The Morgan fingerprint density at radius 3 is 2.62 bits per heavy atom. The molecule has 3 nitrogen and oxygen atoms in total. The van der Waals surface area contributed by atoms with Gasteiger partial charge >= 0.3 is 0 Å². The van der Waals surface area contributed by atoms with Crippen molar-refractivity contribution in [2.75, 3.05) is 39.8 Å². The summed E-state index contributed by atoms with van der Waals surface area (Å²) in [5.41, 5.74) is 2.62. The predicted molar refractivity (Wildman–Crippen MR) is 66.6 cm³/mol. The molecule has 0 radical (unpaired) electrons. The van der Waals surface area contributed by atoms with Gasteiger partial charge in [0.05, 0.1) is 0 Å². The van der Waals surface area contributed by atoms with E-state index in [4.69, 9.17) is 0 Å². The van der Waals surface area contributed by atoms with Crippen molar-refractivity contribution in [1.29, 1.82) is 0 Å². The Morgan fingerprint density at radius 1 is 1.19 bits per heavy atom.